The number of rotatable bonds is 5. The van der Waals surface area contributed by atoms with E-state index in [1.54, 1.807) is 11.3 Å². The molecule has 2 aromatic rings. The van der Waals surface area contributed by atoms with Gasteiger partial charge in [0.1, 0.15) is 0 Å². The molecule has 0 aromatic carbocycles. The van der Waals surface area contributed by atoms with E-state index in [4.69, 9.17) is 0 Å². The SMILES string of the molecule is CCCNC(c1ccc(C)nc1)c1cc(Br)sc1Br. The molecule has 1 atom stereocenters. The minimum atomic E-state index is 0.185. The fourth-order valence-electron chi connectivity index (χ4n) is 1.90. The zero-order chi connectivity index (χ0) is 13.8. The van der Waals surface area contributed by atoms with Gasteiger partial charge in [-0.1, -0.05) is 13.0 Å². The number of nitrogens with zero attached hydrogens (tertiary/aromatic N) is 1. The fourth-order valence-corrected chi connectivity index (χ4v) is 4.80. The standard InChI is InChI=1S/C14H16Br2N2S/c1-3-6-17-13(10-5-4-9(2)18-8-10)11-7-12(15)19-14(11)16/h4-5,7-8,13,17H,3,6H2,1-2H3. The van der Waals surface area contributed by atoms with Gasteiger partial charge in [0.2, 0.25) is 0 Å². The van der Waals surface area contributed by atoms with E-state index in [2.05, 4.69) is 67.3 Å². The van der Waals surface area contributed by atoms with Crippen LogP contribution in [0.2, 0.25) is 0 Å². The van der Waals surface area contributed by atoms with Crippen molar-refractivity contribution in [1.82, 2.24) is 10.3 Å². The molecule has 2 rings (SSSR count). The summed E-state index contributed by atoms with van der Waals surface area (Å²) in [6, 6.07) is 6.56. The molecule has 1 N–H and O–H groups in total. The number of pyridine rings is 1. The number of halogens is 2. The van der Waals surface area contributed by atoms with Crippen molar-refractivity contribution in [3.63, 3.8) is 0 Å². The van der Waals surface area contributed by atoms with Crippen molar-refractivity contribution in [2.45, 2.75) is 26.3 Å². The average Bonchev–Trinajstić information content (AvgIpc) is 2.71. The van der Waals surface area contributed by atoms with Crippen LogP contribution in [0.1, 0.15) is 36.2 Å². The number of thiophene rings is 1. The third-order valence-corrected chi connectivity index (χ3v) is 5.25. The van der Waals surface area contributed by atoms with Crippen LogP contribution in [0, 0.1) is 6.92 Å². The van der Waals surface area contributed by atoms with E-state index < -0.39 is 0 Å². The molecule has 0 saturated carbocycles. The van der Waals surface area contributed by atoms with Crippen molar-refractivity contribution in [2.75, 3.05) is 6.54 Å². The van der Waals surface area contributed by atoms with E-state index >= 15 is 0 Å². The minimum absolute atomic E-state index is 0.185. The number of aromatic nitrogens is 1. The average molecular weight is 404 g/mol. The Balaban J connectivity index is 2.35. The largest absolute Gasteiger partial charge is 0.306 e. The van der Waals surface area contributed by atoms with Crippen LogP contribution < -0.4 is 5.32 Å². The second kappa shape index (κ2) is 6.97. The Morgan fingerprint density at radius 1 is 1.37 bits per heavy atom. The summed E-state index contributed by atoms with van der Waals surface area (Å²) in [5, 5.41) is 3.59. The molecule has 0 aliphatic heterocycles. The molecule has 0 aliphatic rings. The molecular formula is C14H16Br2N2S. The maximum absolute atomic E-state index is 4.41. The van der Waals surface area contributed by atoms with Crippen LogP contribution in [0.3, 0.4) is 0 Å². The Labute approximate surface area is 134 Å². The molecule has 2 nitrogen and oxygen atoms in total. The minimum Gasteiger partial charge on any atom is -0.306 e. The monoisotopic (exact) mass is 402 g/mol. The number of aryl methyl sites for hydroxylation is 1. The van der Waals surface area contributed by atoms with Gasteiger partial charge in [-0.3, -0.25) is 4.98 Å². The van der Waals surface area contributed by atoms with Gasteiger partial charge < -0.3 is 5.32 Å². The third-order valence-electron chi connectivity index (χ3n) is 2.86. The lowest BCUT2D eigenvalue weighted by Crippen LogP contribution is -2.23. The van der Waals surface area contributed by atoms with Crippen molar-refractivity contribution in [3.05, 3.63) is 48.8 Å². The fraction of sp³-hybridized carbons (Fsp3) is 0.357. The summed E-state index contributed by atoms with van der Waals surface area (Å²) >= 11 is 8.90. The van der Waals surface area contributed by atoms with E-state index in [-0.39, 0.29) is 6.04 Å². The lowest BCUT2D eigenvalue weighted by atomic mass is 10.0. The summed E-state index contributed by atoms with van der Waals surface area (Å²) in [5.41, 5.74) is 3.50. The molecule has 2 heterocycles. The molecule has 0 amide bonds. The summed E-state index contributed by atoms with van der Waals surface area (Å²) in [4.78, 5) is 4.41. The van der Waals surface area contributed by atoms with Gasteiger partial charge in [-0.25, -0.2) is 0 Å². The molecule has 1 unspecified atom stereocenters. The highest BCUT2D eigenvalue weighted by Crippen LogP contribution is 2.37. The van der Waals surface area contributed by atoms with Gasteiger partial charge in [-0.15, -0.1) is 11.3 Å². The van der Waals surface area contributed by atoms with Crippen LogP contribution >= 0.6 is 43.2 Å². The van der Waals surface area contributed by atoms with Crippen LogP contribution in [0.15, 0.2) is 32.0 Å². The predicted octanol–water partition coefficient (Wildman–Crippen LogP) is 5.07. The van der Waals surface area contributed by atoms with E-state index in [1.807, 2.05) is 13.1 Å². The molecular weight excluding hydrogens is 388 g/mol. The molecule has 19 heavy (non-hydrogen) atoms. The molecule has 102 valence electrons. The maximum atomic E-state index is 4.41. The molecule has 5 heteroatoms. The van der Waals surface area contributed by atoms with E-state index in [9.17, 15) is 0 Å². The highest BCUT2D eigenvalue weighted by Gasteiger charge is 2.18. The smallest absolute Gasteiger partial charge is 0.0761 e. The normalized spacial score (nSPS) is 12.6. The summed E-state index contributed by atoms with van der Waals surface area (Å²) < 4.78 is 2.30. The summed E-state index contributed by atoms with van der Waals surface area (Å²) in [6.07, 6.45) is 3.07. The van der Waals surface area contributed by atoms with E-state index in [0.29, 0.717) is 0 Å². The molecule has 0 fully saturated rings. The Morgan fingerprint density at radius 2 is 2.16 bits per heavy atom. The highest BCUT2D eigenvalue weighted by atomic mass is 79.9. The van der Waals surface area contributed by atoms with Gasteiger partial charge in [0.15, 0.2) is 0 Å². The topological polar surface area (TPSA) is 24.9 Å². The van der Waals surface area contributed by atoms with Crippen molar-refractivity contribution < 1.29 is 0 Å². The second-order valence-electron chi connectivity index (χ2n) is 4.40. The molecule has 0 spiro atoms. The van der Waals surface area contributed by atoms with Crippen molar-refractivity contribution in [2.24, 2.45) is 0 Å². The van der Waals surface area contributed by atoms with E-state index in [1.165, 1.54) is 11.1 Å². The number of hydrogen-bond acceptors (Lipinski definition) is 3. The van der Waals surface area contributed by atoms with Crippen molar-refractivity contribution >= 4 is 43.2 Å². The zero-order valence-electron chi connectivity index (χ0n) is 10.9. The number of hydrogen-bond donors (Lipinski definition) is 1. The maximum Gasteiger partial charge on any atom is 0.0761 e. The van der Waals surface area contributed by atoms with Crippen LogP contribution in [-0.4, -0.2) is 11.5 Å². The number of nitrogens with one attached hydrogen (secondary N) is 1. The summed E-state index contributed by atoms with van der Waals surface area (Å²) in [7, 11) is 0. The van der Waals surface area contributed by atoms with Crippen LogP contribution in [-0.2, 0) is 0 Å². The molecule has 0 aliphatic carbocycles. The first kappa shape index (κ1) is 15.2. The van der Waals surface area contributed by atoms with Gasteiger partial charge >= 0.3 is 0 Å². The molecule has 0 saturated heterocycles. The highest BCUT2D eigenvalue weighted by molar-refractivity contribution is 9.12. The first-order valence-corrected chi connectivity index (χ1v) is 8.62. The van der Waals surface area contributed by atoms with E-state index in [0.717, 1.165) is 26.2 Å². The molecule has 2 aromatic heterocycles. The van der Waals surface area contributed by atoms with Crippen molar-refractivity contribution in [1.29, 1.82) is 0 Å². The summed E-state index contributed by atoms with van der Waals surface area (Å²) in [5.74, 6) is 0. The molecule has 0 bridgehead atoms. The second-order valence-corrected chi connectivity index (χ2v) is 8.15. The van der Waals surface area contributed by atoms with Gasteiger partial charge in [-0.05, 0) is 75.0 Å². The predicted molar refractivity (Wildman–Crippen MR) is 88.8 cm³/mol. The van der Waals surface area contributed by atoms with Crippen LogP contribution in [0.4, 0.5) is 0 Å². The zero-order valence-corrected chi connectivity index (χ0v) is 14.9. The first-order valence-electron chi connectivity index (χ1n) is 6.22. The molecule has 0 radical (unpaired) electrons. The first-order chi connectivity index (χ1) is 9.11. The van der Waals surface area contributed by atoms with Crippen LogP contribution in [0.5, 0.6) is 0 Å². The van der Waals surface area contributed by atoms with Crippen LogP contribution in [0.25, 0.3) is 0 Å². The lowest BCUT2D eigenvalue weighted by molar-refractivity contribution is 0.596. The third kappa shape index (κ3) is 3.88. The van der Waals surface area contributed by atoms with Crippen molar-refractivity contribution in [3.8, 4) is 0 Å². The van der Waals surface area contributed by atoms with Gasteiger partial charge in [0.25, 0.3) is 0 Å². The lowest BCUT2D eigenvalue weighted by Gasteiger charge is -2.18. The van der Waals surface area contributed by atoms with Gasteiger partial charge in [0.05, 0.1) is 13.6 Å². The Kier molecular flexibility index (Phi) is 5.57. The quantitative estimate of drug-likeness (QED) is 0.753. The summed E-state index contributed by atoms with van der Waals surface area (Å²) in [6.45, 7) is 5.17. The Hall–Kier alpha value is -0.230. The van der Waals surface area contributed by atoms with Gasteiger partial charge in [0, 0.05) is 11.9 Å². The van der Waals surface area contributed by atoms with Gasteiger partial charge in [-0.2, -0.15) is 0 Å². The Bertz CT molecular complexity index is 537. The Morgan fingerprint density at radius 3 is 2.68 bits per heavy atom.